The van der Waals surface area contributed by atoms with Gasteiger partial charge >= 0.3 is 0 Å². The molecule has 1 heterocycles. The Kier molecular flexibility index (Phi) is 4.50. The first-order valence-corrected chi connectivity index (χ1v) is 7.93. The van der Waals surface area contributed by atoms with Crippen molar-refractivity contribution in [3.8, 4) is 0 Å². The van der Waals surface area contributed by atoms with Crippen LogP contribution in [-0.4, -0.2) is 17.0 Å². The van der Waals surface area contributed by atoms with Gasteiger partial charge in [-0.2, -0.15) is 0 Å². The lowest BCUT2D eigenvalue weighted by Crippen LogP contribution is -2.21. The van der Waals surface area contributed by atoms with Crippen LogP contribution in [0.4, 0.5) is 0 Å². The molecule has 0 amide bonds. The Hall–Kier alpha value is -0.340. The summed E-state index contributed by atoms with van der Waals surface area (Å²) in [4.78, 5) is 0. The molecule has 2 heteroatoms. The van der Waals surface area contributed by atoms with E-state index in [0.717, 1.165) is 11.8 Å². The van der Waals surface area contributed by atoms with Crippen LogP contribution < -0.4 is 0 Å². The van der Waals surface area contributed by atoms with Gasteiger partial charge in [0.25, 0.3) is 0 Å². The molecule has 0 radical (unpaired) electrons. The van der Waals surface area contributed by atoms with Gasteiger partial charge in [0.15, 0.2) is 0 Å². The highest BCUT2D eigenvalue weighted by atomic mass is 79.9. The number of aryl methyl sites for hydroxylation is 1. The molecule has 2 unspecified atom stereocenters. The molecular formula is C16H23BrO. The number of hydrogen-bond acceptors (Lipinski definition) is 1. The van der Waals surface area contributed by atoms with E-state index in [9.17, 15) is 0 Å². The standard InChI is InChI=1S/C16H23BrO/c1-12-6-4-5-7-15(12)13(11-17)10-14-8-9-16(2,3)18-14/h4-7,13-14H,8-11H2,1-3H3. The van der Waals surface area contributed by atoms with Gasteiger partial charge in [0.1, 0.15) is 0 Å². The summed E-state index contributed by atoms with van der Waals surface area (Å²) in [6.45, 7) is 6.60. The molecule has 0 spiro atoms. The van der Waals surface area contributed by atoms with Gasteiger partial charge in [-0.15, -0.1) is 0 Å². The minimum atomic E-state index is 0.0766. The monoisotopic (exact) mass is 310 g/mol. The predicted molar refractivity (Wildman–Crippen MR) is 80.5 cm³/mol. The summed E-state index contributed by atoms with van der Waals surface area (Å²) in [7, 11) is 0. The fourth-order valence-electron chi connectivity index (χ4n) is 2.88. The summed E-state index contributed by atoms with van der Waals surface area (Å²) in [5, 5.41) is 1.01. The van der Waals surface area contributed by atoms with Crippen molar-refractivity contribution in [3.05, 3.63) is 35.4 Å². The van der Waals surface area contributed by atoms with Gasteiger partial charge in [-0.3, -0.25) is 0 Å². The van der Waals surface area contributed by atoms with Crippen LogP contribution in [0.25, 0.3) is 0 Å². The number of alkyl halides is 1. The first kappa shape index (κ1) is 14.1. The number of hydrogen-bond donors (Lipinski definition) is 0. The Balaban J connectivity index is 2.05. The van der Waals surface area contributed by atoms with Crippen molar-refractivity contribution in [1.29, 1.82) is 0 Å². The third-order valence-electron chi connectivity index (χ3n) is 3.92. The highest BCUT2D eigenvalue weighted by Gasteiger charge is 2.33. The number of rotatable bonds is 4. The van der Waals surface area contributed by atoms with Crippen molar-refractivity contribution in [2.45, 2.75) is 57.7 Å². The average Bonchev–Trinajstić information content (AvgIpc) is 2.67. The van der Waals surface area contributed by atoms with E-state index in [2.05, 4.69) is 61.0 Å². The van der Waals surface area contributed by atoms with Gasteiger partial charge in [-0.25, -0.2) is 0 Å². The van der Waals surface area contributed by atoms with E-state index in [1.807, 2.05) is 0 Å². The Morgan fingerprint density at radius 1 is 1.39 bits per heavy atom. The summed E-state index contributed by atoms with van der Waals surface area (Å²) < 4.78 is 6.12. The van der Waals surface area contributed by atoms with Crippen LogP contribution in [0.2, 0.25) is 0 Å². The van der Waals surface area contributed by atoms with Crippen LogP contribution in [0, 0.1) is 6.92 Å². The maximum Gasteiger partial charge on any atom is 0.0631 e. The zero-order valence-electron chi connectivity index (χ0n) is 11.6. The number of ether oxygens (including phenoxy) is 1. The van der Waals surface area contributed by atoms with Crippen molar-refractivity contribution in [2.75, 3.05) is 5.33 Å². The lowest BCUT2D eigenvalue weighted by Gasteiger charge is -2.23. The molecule has 100 valence electrons. The third-order valence-corrected chi connectivity index (χ3v) is 4.70. The molecule has 18 heavy (non-hydrogen) atoms. The molecule has 1 saturated heterocycles. The van der Waals surface area contributed by atoms with E-state index >= 15 is 0 Å². The molecule has 0 aliphatic carbocycles. The second-order valence-electron chi connectivity index (χ2n) is 5.98. The second-order valence-corrected chi connectivity index (χ2v) is 6.63. The average molecular weight is 311 g/mol. The molecule has 0 N–H and O–H groups in total. The minimum Gasteiger partial charge on any atom is -0.372 e. The van der Waals surface area contributed by atoms with Crippen LogP contribution in [0.5, 0.6) is 0 Å². The molecule has 2 rings (SSSR count). The van der Waals surface area contributed by atoms with Gasteiger partial charge in [-0.05, 0) is 57.1 Å². The Labute approximate surface area is 119 Å². The summed E-state index contributed by atoms with van der Waals surface area (Å²) in [6, 6.07) is 8.70. The SMILES string of the molecule is Cc1ccccc1C(CBr)CC1CCC(C)(C)O1. The van der Waals surface area contributed by atoms with E-state index in [-0.39, 0.29) is 5.60 Å². The number of benzene rings is 1. The Morgan fingerprint density at radius 2 is 2.11 bits per heavy atom. The summed E-state index contributed by atoms with van der Waals surface area (Å²) in [5.74, 6) is 0.560. The summed E-state index contributed by atoms with van der Waals surface area (Å²) in [5.41, 5.74) is 2.93. The van der Waals surface area contributed by atoms with Crippen LogP contribution in [0.3, 0.4) is 0 Å². The smallest absolute Gasteiger partial charge is 0.0631 e. The van der Waals surface area contributed by atoms with Gasteiger partial charge in [0, 0.05) is 5.33 Å². The van der Waals surface area contributed by atoms with Crippen LogP contribution >= 0.6 is 15.9 Å². The third kappa shape index (κ3) is 3.36. The van der Waals surface area contributed by atoms with Crippen molar-refractivity contribution in [3.63, 3.8) is 0 Å². The van der Waals surface area contributed by atoms with Crippen molar-refractivity contribution >= 4 is 15.9 Å². The first-order chi connectivity index (χ1) is 8.52. The highest BCUT2D eigenvalue weighted by molar-refractivity contribution is 9.09. The molecule has 1 fully saturated rings. The lowest BCUT2D eigenvalue weighted by atomic mass is 9.91. The fourth-order valence-corrected chi connectivity index (χ4v) is 3.49. The van der Waals surface area contributed by atoms with E-state index < -0.39 is 0 Å². The van der Waals surface area contributed by atoms with Gasteiger partial charge in [0.2, 0.25) is 0 Å². The Morgan fingerprint density at radius 3 is 2.67 bits per heavy atom. The molecule has 0 bridgehead atoms. The minimum absolute atomic E-state index is 0.0766. The lowest BCUT2D eigenvalue weighted by molar-refractivity contribution is -0.0201. The quantitative estimate of drug-likeness (QED) is 0.724. The van der Waals surface area contributed by atoms with Crippen molar-refractivity contribution in [1.82, 2.24) is 0 Å². The maximum absolute atomic E-state index is 6.12. The van der Waals surface area contributed by atoms with E-state index in [0.29, 0.717) is 12.0 Å². The first-order valence-electron chi connectivity index (χ1n) is 6.81. The molecular weight excluding hydrogens is 288 g/mol. The van der Waals surface area contributed by atoms with Crippen molar-refractivity contribution in [2.24, 2.45) is 0 Å². The van der Waals surface area contributed by atoms with Crippen LogP contribution in [-0.2, 0) is 4.74 Å². The zero-order valence-corrected chi connectivity index (χ0v) is 13.2. The molecule has 1 aliphatic heterocycles. The van der Waals surface area contributed by atoms with Crippen molar-refractivity contribution < 1.29 is 4.74 Å². The molecule has 2 atom stereocenters. The second kappa shape index (κ2) is 5.75. The van der Waals surface area contributed by atoms with E-state index in [4.69, 9.17) is 4.74 Å². The van der Waals surface area contributed by atoms with Gasteiger partial charge in [-0.1, -0.05) is 40.2 Å². The molecule has 0 aromatic heterocycles. The normalized spacial score (nSPS) is 24.1. The zero-order chi connectivity index (χ0) is 13.2. The molecule has 1 nitrogen and oxygen atoms in total. The largest absolute Gasteiger partial charge is 0.372 e. The molecule has 1 aromatic carbocycles. The van der Waals surface area contributed by atoms with Crippen LogP contribution in [0.15, 0.2) is 24.3 Å². The summed E-state index contributed by atoms with van der Waals surface area (Å²) >= 11 is 3.67. The number of halogens is 1. The Bertz CT molecular complexity index is 400. The van der Waals surface area contributed by atoms with Gasteiger partial charge < -0.3 is 4.74 Å². The fraction of sp³-hybridized carbons (Fsp3) is 0.625. The summed E-state index contributed by atoms with van der Waals surface area (Å²) in [6.07, 6.45) is 3.92. The predicted octanol–water partition coefficient (Wildman–Crippen LogP) is 4.82. The van der Waals surface area contributed by atoms with E-state index in [1.165, 1.54) is 24.0 Å². The molecule has 0 saturated carbocycles. The maximum atomic E-state index is 6.12. The molecule has 1 aromatic rings. The molecule has 1 aliphatic rings. The van der Waals surface area contributed by atoms with Gasteiger partial charge in [0.05, 0.1) is 11.7 Å². The van der Waals surface area contributed by atoms with E-state index in [1.54, 1.807) is 0 Å². The highest BCUT2D eigenvalue weighted by Crippen LogP contribution is 2.36. The topological polar surface area (TPSA) is 9.23 Å². The van der Waals surface area contributed by atoms with Crippen LogP contribution in [0.1, 0.15) is 50.2 Å².